The first-order valence-corrected chi connectivity index (χ1v) is 47.8. The third-order valence-electron chi connectivity index (χ3n) is 22.4. The van der Waals surface area contributed by atoms with Crippen molar-refractivity contribution in [1.29, 1.82) is 0 Å². The molecule has 620 valence electrons. The van der Waals surface area contributed by atoms with Crippen LogP contribution >= 0.6 is 23.2 Å². The average Bonchev–Trinajstić information content (AvgIpc) is 1.53. The van der Waals surface area contributed by atoms with Crippen LogP contribution in [0, 0.1) is 19.7 Å². The first kappa shape index (κ1) is 84.4. The van der Waals surface area contributed by atoms with Gasteiger partial charge in [0.25, 0.3) is 0 Å². The minimum atomic E-state index is -4.47. The van der Waals surface area contributed by atoms with E-state index in [9.17, 15) is 51.2 Å². The van der Waals surface area contributed by atoms with Crippen LogP contribution in [-0.4, -0.2) is 275 Å². The van der Waals surface area contributed by atoms with Crippen LogP contribution in [-0.2, 0) is 55.7 Å². The summed E-state index contributed by atoms with van der Waals surface area (Å²) in [4.78, 5) is 10.6. The van der Waals surface area contributed by atoms with Crippen molar-refractivity contribution in [3.63, 3.8) is 0 Å². The topological polar surface area (TPSA) is 312 Å². The van der Waals surface area contributed by atoms with Gasteiger partial charge in [0.2, 0.25) is 30.1 Å². The maximum absolute atomic E-state index is 14.6. The van der Waals surface area contributed by atoms with Crippen LogP contribution in [0.3, 0.4) is 0 Å². The molecule has 7 saturated heterocycles. The van der Waals surface area contributed by atoms with E-state index in [2.05, 4.69) is 124 Å². The second kappa shape index (κ2) is 31.1. The van der Waals surface area contributed by atoms with Crippen molar-refractivity contribution in [2.24, 2.45) is 0 Å². The zero-order valence-electron chi connectivity index (χ0n) is 66.1. The number of anilines is 5. The minimum absolute atomic E-state index is 0.0252. The lowest BCUT2D eigenvalue weighted by Gasteiger charge is -2.46. The van der Waals surface area contributed by atoms with Crippen molar-refractivity contribution in [2.75, 3.05) is 141 Å². The number of alkyl halides is 3. The second-order valence-corrected chi connectivity index (χ2v) is 44.3. The van der Waals surface area contributed by atoms with Crippen molar-refractivity contribution in [2.45, 2.75) is 128 Å². The fourth-order valence-electron chi connectivity index (χ4n) is 18.1. The van der Waals surface area contributed by atoms with Gasteiger partial charge in [-0.25, -0.2) is 38.3 Å². The Morgan fingerprint density at radius 3 is 1.08 bits per heavy atom. The van der Waals surface area contributed by atoms with E-state index in [-0.39, 0.29) is 24.7 Å². The number of fused-ring (bicyclic) bond motifs is 9. The third kappa shape index (κ3) is 17.5. The van der Waals surface area contributed by atoms with Gasteiger partial charge in [-0.1, -0.05) is 23.2 Å². The highest BCUT2D eigenvalue weighted by molar-refractivity contribution is 7.97. The van der Waals surface area contributed by atoms with Crippen molar-refractivity contribution < 1.29 is 51.2 Å². The number of halogens is 6. The monoisotopic (exact) mass is 1710 g/mol. The molecule has 5 aromatic heterocycles. The predicted molar refractivity (Wildman–Crippen MR) is 453 cm³/mol. The maximum Gasteiger partial charge on any atom is 0.416 e. The van der Waals surface area contributed by atoms with Crippen LogP contribution in [0.4, 0.5) is 46.0 Å². The molecule has 6 unspecified atom stereocenters. The van der Waals surface area contributed by atoms with Gasteiger partial charge in [-0.05, 0) is 159 Å². The Kier molecular flexibility index (Phi) is 23.0. The Labute approximate surface area is 673 Å². The molecule has 7 aliphatic rings. The van der Waals surface area contributed by atoms with E-state index in [1.165, 1.54) is 50.2 Å². The Bertz CT molecular complexity index is 5580. The number of benzene rings is 5. The number of aromatic amines is 5. The van der Waals surface area contributed by atoms with E-state index >= 15 is 0 Å². The Morgan fingerprint density at radius 2 is 0.728 bits per heavy atom. The number of nitrogens with zero attached hydrogens (tertiary/aromatic N) is 15. The quantitative estimate of drug-likeness (QED) is 0.0628. The number of hydrogen-bond acceptors (Lipinski definition) is 18. The van der Waals surface area contributed by atoms with Crippen LogP contribution in [0.15, 0.2) is 85.6 Å². The first-order valence-electron chi connectivity index (χ1n) is 37.3. The fourth-order valence-corrected chi connectivity index (χ4v) is 25.9. The number of H-pyrrole nitrogens is 5. The van der Waals surface area contributed by atoms with Gasteiger partial charge < -0.3 is 24.5 Å². The van der Waals surface area contributed by atoms with Gasteiger partial charge in [-0.3, -0.25) is 33.9 Å². The summed E-state index contributed by atoms with van der Waals surface area (Å²) in [5.41, 5.74) is 8.14. The summed E-state index contributed by atoms with van der Waals surface area (Å²) < 4.78 is 160. The summed E-state index contributed by atoms with van der Waals surface area (Å²) in [6.45, 7) is 22.4. The van der Waals surface area contributed by atoms with Gasteiger partial charge in [0, 0.05) is 190 Å². The summed E-state index contributed by atoms with van der Waals surface area (Å²) >= 11 is 12.2. The number of nitrogens with one attached hydrogen (secondary N) is 5. The van der Waals surface area contributed by atoms with Gasteiger partial charge >= 0.3 is 6.18 Å². The highest BCUT2D eigenvalue weighted by Crippen LogP contribution is 2.43. The molecule has 0 radical (unpaired) electrons. The molecular formula is C75H100Cl2F4N20O8S5. The van der Waals surface area contributed by atoms with Crippen molar-refractivity contribution >= 4 is 167 Å². The third-order valence-corrected chi connectivity index (χ3v) is 30.3. The second-order valence-electron chi connectivity index (χ2n) is 33.1. The molecule has 28 nitrogen and oxygen atoms in total. The van der Waals surface area contributed by atoms with E-state index in [4.69, 9.17) is 23.2 Å². The maximum atomic E-state index is 14.6. The number of hydrogen-bond donors (Lipinski definition) is 5. The van der Waals surface area contributed by atoms with Gasteiger partial charge in [0.05, 0.1) is 111 Å². The summed E-state index contributed by atoms with van der Waals surface area (Å²) in [7, 11) is -14.2. The standard InChI is InChI=1S/C16H22N4OS.C15H19ClN4OS.C15H19F3N4O2S.C15H22N4O2S.C14H18ClFN4O2S/c1-11-6-12-8-17-18-16(12)15(7-11)19-9-13-4-5-14(10-19)20(13)22(2,3)21;1-22(2,21)20-12-3-4-13(20)9-19(8-12)14-6-11(16)5-10-7-17-18-15(10)14;1-14(2)9-21(4-5-22(14)25(3,23)24)12-7-11(15(16,17)18)6-10-8-19-20-13(10)12;1-11-7-12-9-16-17-14(12)13(8-11)18-5-6-19(22(4,20)21)15(2,3)10-18;1-14(2)8-19(4-5-20(14)23(3,21)22)13-11(16)10(15)6-9-7-17-18-12(9)13/h6-8,13-14H,2,4-5,9-10H2,1,3H3,(H,17,18);5-7,12-13H,1,3-4,8-9H2,2H3,(H,17,18);6-8H,4-5,9H2,1-3H3,(H,19,20);7-9H,5-6,10H2,1-4H3,(H,16,17);6-7H,4-5,8H2,1-3H3,(H,17,18). The van der Waals surface area contributed by atoms with Crippen LogP contribution in [0.25, 0.3) is 54.5 Å². The molecule has 0 spiro atoms. The number of sulfonamides is 3. The normalized spacial score (nSPS) is 22.9. The van der Waals surface area contributed by atoms with Crippen molar-refractivity contribution in [3.05, 3.63) is 118 Å². The SMILES string of the molecule is C=S(C)(=O)N1C2CCC1CN(c1cc(C)cc3cn[nH]c13)C2.C=S(C)(=O)N1C2CCC1CN(c1cc(Cl)cc3cn[nH]c13)C2.CC1(C)CN(c2c(F)c(Cl)cc3cn[nH]c23)CCN1S(C)(=O)=O.CC1(C)CN(c2cc(C(F)(F)F)cc3cn[nH]c23)CCN1S(C)(=O)=O.Cc1cc(N2CCN(S(C)(=O)=O)C(C)(C)C2)c2[nH]ncc2c1. The predicted octanol–water partition coefficient (Wildman–Crippen LogP) is 10.3. The Morgan fingerprint density at radius 1 is 0.421 bits per heavy atom. The molecule has 17 rings (SSSR count). The molecule has 7 fully saturated rings. The molecule has 0 amide bonds. The molecule has 0 saturated carbocycles. The summed E-state index contributed by atoms with van der Waals surface area (Å²) in [6.07, 6.45) is 15.5. The van der Waals surface area contributed by atoms with Crippen LogP contribution < -0.4 is 24.5 Å². The molecule has 5 N–H and O–H groups in total. The van der Waals surface area contributed by atoms with E-state index < -0.39 is 83.7 Å². The van der Waals surface area contributed by atoms with Crippen molar-refractivity contribution in [1.82, 2.24) is 72.5 Å². The lowest BCUT2D eigenvalue weighted by molar-refractivity contribution is -0.137. The lowest BCUT2D eigenvalue weighted by Crippen LogP contribution is -2.61. The zero-order valence-corrected chi connectivity index (χ0v) is 71.7. The molecule has 10 aromatic rings. The van der Waals surface area contributed by atoms with Gasteiger partial charge in [-0.15, -0.1) is 0 Å². The number of rotatable bonds is 10. The van der Waals surface area contributed by atoms with Crippen LogP contribution in [0.5, 0.6) is 0 Å². The van der Waals surface area contributed by atoms with E-state index in [1.54, 1.807) is 48.0 Å². The molecule has 4 bridgehead atoms. The smallest absolute Gasteiger partial charge is 0.367 e. The number of aryl methyl sites for hydroxylation is 2. The molecule has 7 aliphatic heterocycles. The number of aromatic nitrogens is 10. The fraction of sp³-hybridized carbons (Fsp3) is 0.507. The first-order chi connectivity index (χ1) is 53.0. The van der Waals surface area contributed by atoms with E-state index in [0.29, 0.717) is 91.2 Å². The molecule has 0 aliphatic carbocycles. The largest absolute Gasteiger partial charge is 0.416 e. The van der Waals surface area contributed by atoms with Crippen LogP contribution in [0.2, 0.25) is 10.0 Å². The van der Waals surface area contributed by atoms with Crippen molar-refractivity contribution in [3.8, 4) is 0 Å². The summed E-state index contributed by atoms with van der Waals surface area (Å²) in [5, 5.41) is 40.1. The number of piperazine rings is 5. The Balaban J connectivity index is 0.000000124. The molecule has 6 atom stereocenters. The molecule has 39 heteroatoms. The zero-order chi connectivity index (χ0) is 82.7. The average molecular weight is 1720 g/mol. The highest BCUT2D eigenvalue weighted by Gasteiger charge is 2.47. The minimum Gasteiger partial charge on any atom is -0.367 e. The molecule has 114 heavy (non-hydrogen) atoms. The van der Waals surface area contributed by atoms with Gasteiger partial charge in [0.1, 0.15) is 5.69 Å². The van der Waals surface area contributed by atoms with Gasteiger partial charge in [-0.2, -0.15) is 51.6 Å². The van der Waals surface area contributed by atoms with Crippen LogP contribution in [0.1, 0.15) is 83.9 Å². The molecule has 12 heterocycles. The van der Waals surface area contributed by atoms with E-state index in [0.717, 1.165) is 125 Å². The highest BCUT2D eigenvalue weighted by atomic mass is 35.5. The van der Waals surface area contributed by atoms with Gasteiger partial charge in [0.15, 0.2) is 5.82 Å². The molecule has 5 aromatic carbocycles. The molecular weight excluding hydrogens is 1620 g/mol. The summed E-state index contributed by atoms with van der Waals surface area (Å²) in [6, 6.07) is 17.5. The van der Waals surface area contributed by atoms with E-state index in [1.807, 2.05) is 57.1 Å². The summed E-state index contributed by atoms with van der Waals surface area (Å²) in [5.74, 6) is 7.27. The Hall–Kier alpha value is -7.56. The lowest BCUT2D eigenvalue weighted by atomic mass is 10.0.